The Bertz CT molecular complexity index is 683. The van der Waals surface area contributed by atoms with Crippen LogP contribution in [0.15, 0.2) is 24.3 Å². The molecular formula is C41H76O4. The minimum absolute atomic E-state index is 0.0198. The molecule has 0 aromatic heterocycles. The molecule has 1 unspecified atom stereocenters. The molecule has 264 valence electrons. The number of carboxylic acid groups (broad SMARTS) is 1. The van der Waals surface area contributed by atoms with Crippen LogP contribution in [0.3, 0.4) is 0 Å². The molecule has 0 heterocycles. The van der Waals surface area contributed by atoms with Gasteiger partial charge in [0.25, 0.3) is 0 Å². The molecule has 45 heavy (non-hydrogen) atoms. The van der Waals surface area contributed by atoms with Gasteiger partial charge in [-0.15, -0.1) is 0 Å². The minimum atomic E-state index is -0.704. The van der Waals surface area contributed by atoms with Crippen molar-refractivity contribution in [1.29, 1.82) is 0 Å². The van der Waals surface area contributed by atoms with Crippen LogP contribution < -0.4 is 0 Å². The van der Waals surface area contributed by atoms with Gasteiger partial charge in [-0.2, -0.15) is 0 Å². The third-order valence-corrected chi connectivity index (χ3v) is 8.90. The smallest absolute Gasteiger partial charge is 0.306 e. The Kier molecular flexibility index (Phi) is 35.6. The van der Waals surface area contributed by atoms with Crippen LogP contribution in [0.25, 0.3) is 0 Å². The summed E-state index contributed by atoms with van der Waals surface area (Å²) in [4.78, 5) is 23.3. The Balaban J connectivity index is 4.09. The van der Waals surface area contributed by atoms with Gasteiger partial charge in [0.1, 0.15) is 6.10 Å². The van der Waals surface area contributed by atoms with E-state index in [1.165, 1.54) is 122 Å². The molecule has 1 atom stereocenters. The van der Waals surface area contributed by atoms with Crippen LogP contribution in [-0.2, 0) is 14.3 Å². The lowest BCUT2D eigenvalue weighted by Gasteiger charge is -2.18. The highest BCUT2D eigenvalue weighted by atomic mass is 16.5. The highest BCUT2D eigenvalue weighted by Gasteiger charge is 2.14. The first kappa shape index (κ1) is 43.4. The number of hydrogen-bond donors (Lipinski definition) is 1. The molecular weight excluding hydrogens is 556 g/mol. The number of allylic oxidation sites excluding steroid dienone is 4. The van der Waals surface area contributed by atoms with Crippen molar-refractivity contribution in [2.24, 2.45) is 0 Å². The van der Waals surface area contributed by atoms with Crippen molar-refractivity contribution in [1.82, 2.24) is 0 Å². The Morgan fingerprint density at radius 2 is 0.822 bits per heavy atom. The Morgan fingerprint density at radius 3 is 1.29 bits per heavy atom. The van der Waals surface area contributed by atoms with E-state index in [9.17, 15) is 9.59 Å². The van der Waals surface area contributed by atoms with E-state index in [1.54, 1.807) is 0 Å². The number of ether oxygens (including phenoxy) is 1. The summed E-state index contributed by atoms with van der Waals surface area (Å²) in [5.41, 5.74) is 0. The summed E-state index contributed by atoms with van der Waals surface area (Å²) in [6.07, 6.45) is 46.2. The monoisotopic (exact) mass is 633 g/mol. The van der Waals surface area contributed by atoms with Crippen molar-refractivity contribution in [3.05, 3.63) is 24.3 Å². The zero-order valence-electron chi connectivity index (χ0n) is 30.2. The molecule has 0 saturated carbocycles. The van der Waals surface area contributed by atoms with Gasteiger partial charge in [-0.05, 0) is 83.5 Å². The zero-order valence-corrected chi connectivity index (χ0v) is 30.2. The number of carbonyl (C=O) groups excluding carboxylic acids is 1. The normalized spacial score (nSPS) is 12.4. The number of carbonyl (C=O) groups is 2. The van der Waals surface area contributed by atoms with Crippen LogP contribution in [-0.4, -0.2) is 23.1 Å². The van der Waals surface area contributed by atoms with Crippen LogP contribution in [0, 0.1) is 0 Å². The van der Waals surface area contributed by atoms with Gasteiger partial charge in [0.2, 0.25) is 0 Å². The molecule has 4 heteroatoms. The second kappa shape index (κ2) is 36.9. The maximum atomic E-state index is 12.6. The summed E-state index contributed by atoms with van der Waals surface area (Å²) < 4.78 is 5.98. The second-order valence-corrected chi connectivity index (χ2v) is 13.5. The van der Waals surface area contributed by atoms with Crippen LogP contribution in [0.2, 0.25) is 0 Å². The van der Waals surface area contributed by atoms with Crippen LogP contribution >= 0.6 is 0 Å². The van der Waals surface area contributed by atoms with Crippen molar-refractivity contribution in [3.8, 4) is 0 Å². The molecule has 4 nitrogen and oxygen atoms in total. The van der Waals surface area contributed by atoms with E-state index < -0.39 is 5.97 Å². The molecule has 0 amide bonds. The number of unbranched alkanes of at least 4 members (excludes halogenated alkanes) is 23. The predicted molar refractivity (Wildman–Crippen MR) is 195 cm³/mol. The second-order valence-electron chi connectivity index (χ2n) is 13.5. The topological polar surface area (TPSA) is 63.6 Å². The Labute approximate surface area is 280 Å². The molecule has 0 aromatic rings. The Morgan fingerprint density at radius 1 is 0.467 bits per heavy atom. The maximum absolute atomic E-state index is 12.6. The van der Waals surface area contributed by atoms with Crippen molar-refractivity contribution < 1.29 is 19.4 Å². The van der Waals surface area contributed by atoms with Crippen molar-refractivity contribution >= 4 is 11.9 Å². The first-order valence-electron chi connectivity index (χ1n) is 19.8. The molecule has 0 bridgehead atoms. The predicted octanol–water partition coefficient (Wildman–Crippen LogP) is 13.6. The van der Waals surface area contributed by atoms with Crippen LogP contribution in [0.4, 0.5) is 0 Å². The van der Waals surface area contributed by atoms with Crippen molar-refractivity contribution in [2.45, 2.75) is 225 Å². The molecule has 1 N–H and O–H groups in total. The lowest BCUT2D eigenvalue weighted by Crippen LogP contribution is -2.18. The number of rotatable bonds is 36. The van der Waals surface area contributed by atoms with Gasteiger partial charge in [-0.3, -0.25) is 9.59 Å². The molecule has 0 radical (unpaired) electrons. The van der Waals surface area contributed by atoms with Gasteiger partial charge >= 0.3 is 11.9 Å². The summed E-state index contributed by atoms with van der Waals surface area (Å²) in [6.45, 7) is 4.54. The molecule has 0 saturated heterocycles. The zero-order chi connectivity index (χ0) is 32.9. The summed E-state index contributed by atoms with van der Waals surface area (Å²) in [6, 6.07) is 0. The fraction of sp³-hybridized carbons (Fsp3) is 0.854. The van der Waals surface area contributed by atoms with E-state index in [4.69, 9.17) is 9.84 Å². The van der Waals surface area contributed by atoms with Crippen molar-refractivity contribution in [2.75, 3.05) is 0 Å². The fourth-order valence-electron chi connectivity index (χ4n) is 5.94. The molecule has 0 aromatic carbocycles. The van der Waals surface area contributed by atoms with Gasteiger partial charge in [0.05, 0.1) is 0 Å². The highest BCUT2D eigenvalue weighted by molar-refractivity contribution is 5.69. The lowest BCUT2D eigenvalue weighted by molar-refractivity contribution is -0.150. The molecule has 0 aliphatic carbocycles. The fourth-order valence-corrected chi connectivity index (χ4v) is 5.94. The van der Waals surface area contributed by atoms with Gasteiger partial charge in [0, 0.05) is 12.8 Å². The summed E-state index contributed by atoms with van der Waals surface area (Å²) in [7, 11) is 0. The molecule has 0 rings (SSSR count). The first-order valence-corrected chi connectivity index (χ1v) is 19.8. The van der Waals surface area contributed by atoms with Gasteiger partial charge in [-0.1, -0.05) is 147 Å². The molecule has 0 spiro atoms. The average molecular weight is 633 g/mol. The summed E-state index contributed by atoms with van der Waals surface area (Å²) >= 11 is 0. The van der Waals surface area contributed by atoms with Crippen LogP contribution in [0.1, 0.15) is 219 Å². The van der Waals surface area contributed by atoms with Crippen molar-refractivity contribution in [3.63, 3.8) is 0 Å². The minimum Gasteiger partial charge on any atom is -0.481 e. The SMILES string of the molecule is CCCCCCC/C=C\CCCCCCCC(=O)OC(CCC/C=C\CCCCCCCCCC)CCCCCCCC(=O)O. The average Bonchev–Trinajstić information content (AvgIpc) is 3.02. The van der Waals surface area contributed by atoms with E-state index in [1.807, 2.05) is 0 Å². The van der Waals surface area contributed by atoms with E-state index in [-0.39, 0.29) is 18.5 Å². The quantitative estimate of drug-likeness (QED) is 0.0424. The third-order valence-electron chi connectivity index (χ3n) is 8.90. The first-order chi connectivity index (χ1) is 22.1. The maximum Gasteiger partial charge on any atom is 0.306 e. The standard InChI is InChI=1S/C41H76O4/c1-3-5-7-9-11-13-15-17-19-21-23-25-30-34-38-41(44)45-39(36-32-28-26-29-33-37-40(42)43)35-31-27-24-22-20-18-16-14-12-10-8-6-4-2/h15,17,22,24,39H,3-14,16,18-21,23,25-38H2,1-2H3,(H,42,43)/b17-15-,24-22-. The number of esters is 1. The number of hydrogen-bond acceptors (Lipinski definition) is 3. The molecule has 0 fully saturated rings. The van der Waals surface area contributed by atoms with Gasteiger partial charge in [-0.25, -0.2) is 0 Å². The van der Waals surface area contributed by atoms with E-state index >= 15 is 0 Å². The molecule has 0 aliphatic heterocycles. The third kappa shape index (κ3) is 36.8. The summed E-state index contributed by atoms with van der Waals surface area (Å²) in [5, 5.41) is 8.81. The van der Waals surface area contributed by atoms with E-state index in [0.717, 1.165) is 70.6 Å². The lowest BCUT2D eigenvalue weighted by atomic mass is 10.0. The van der Waals surface area contributed by atoms with Gasteiger partial charge < -0.3 is 9.84 Å². The molecule has 0 aliphatic rings. The largest absolute Gasteiger partial charge is 0.481 e. The van der Waals surface area contributed by atoms with E-state index in [0.29, 0.717) is 6.42 Å². The van der Waals surface area contributed by atoms with Crippen LogP contribution in [0.5, 0.6) is 0 Å². The van der Waals surface area contributed by atoms with Gasteiger partial charge in [0.15, 0.2) is 0 Å². The Hall–Kier alpha value is -1.58. The number of carboxylic acids is 1. The number of aliphatic carboxylic acids is 1. The summed E-state index contributed by atoms with van der Waals surface area (Å²) in [5.74, 6) is -0.724. The van der Waals surface area contributed by atoms with E-state index in [2.05, 4.69) is 38.2 Å². The highest BCUT2D eigenvalue weighted by Crippen LogP contribution is 2.18.